The lowest BCUT2D eigenvalue weighted by atomic mass is 10.1. The molecule has 0 aliphatic heterocycles. The van der Waals surface area contributed by atoms with Gasteiger partial charge in [0.2, 0.25) is 0 Å². The van der Waals surface area contributed by atoms with E-state index in [1.54, 1.807) is 18.2 Å². The second-order valence-electron chi connectivity index (χ2n) is 2.83. The molecule has 1 atom stereocenters. The molecule has 1 aromatic carbocycles. The van der Waals surface area contributed by atoms with E-state index in [1.807, 2.05) is 0 Å². The Kier molecular flexibility index (Phi) is 4.00. The van der Waals surface area contributed by atoms with E-state index in [2.05, 4.69) is 0 Å². The SMILES string of the molecule is NCC(O)Cc1ccc(Cl)cc1Cl. The second-order valence-corrected chi connectivity index (χ2v) is 3.67. The monoisotopic (exact) mass is 219 g/mol. The van der Waals surface area contributed by atoms with Crippen molar-refractivity contribution in [3.8, 4) is 0 Å². The third-order valence-corrected chi connectivity index (χ3v) is 2.33. The lowest BCUT2D eigenvalue weighted by molar-refractivity contribution is 0.183. The van der Waals surface area contributed by atoms with Gasteiger partial charge >= 0.3 is 0 Å². The Morgan fingerprint density at radius 2 is 2.08 bits per heavy atom. The minimum atomic E-state index is -0.543. The second kappa shape index (κ2) is 4.82. The highest BCUT2D eigenvalue weighted by Gasteiger charge is 2.06. The standard InChI is InChI=1S/C9H11Cl2NO/c10-7-2-1-6(9(11)4-7)3-8(13)5-12/h1-2,4,8,13H,3,5,12H2. The van der Waals surface area contributed by atoms with Crippen molar-refractivity contribution in [1.29, 1.82) is 0 Å². The smallest absolute Gasteiger partial charge is 0.0703 e. The molecule has 1 unspecified atom stereocenters. The molecule has 1 aromatic rings. The van der Waals surface area contributed by atoms with Gasteiger partial charge in [0, 0.05) is 23.0 Å². The molecule has 13 heavy (non-hydrogen) atoms. The van der Waals surface area contributed by atoms with E-state index in [9.17, 15) is 5.11 Å². The molecule has 4 heteroatoms. The molecule has 0 saturated carbocycles. The molecule has 0 aromatic heterocycles. The average Bonchev–Trinajstić information content (AvgIpc) is 2.09. The van der Waals surface area contributed by atoms with Crippen molar-refractivity contribution in [1.82, 2.24) is 0 Å². The minimum Gasteiger partial charge on any atom is -0.391 e. The van der Waals surface area contributed by atoms with Gasteiger partial charge < -0.3 is 10.8 Å². The maximum Gasteiger partial charge on any atom is 0.0703 e. The molecule has 3 N–H and O–H groups in total. The van der Waals surface area contributed by atoms with Crippen LogP contribution in [0.2, 0.25) is 10.0 Å². The summed E-state index contributed by atoms with van der Waals surface area (Å²) in [6, 6.07) is 5.19. The average molecular weight is 220 g/mol. The van der Waals surface area contributed by atoms with Crippen molar-refractivity contribution >= 4 is 23.2 Å². The fourth-order valence-electron chi connectivity index (χ4n) is 1.02. The van der Waals surface area contributed by atoms with Crippen molar-refractivity contribution < 1.29 is 5.11 Å². The van der Waals surface area contributed by atoms with Crippen LogP contribution in [0.15, 0.2) is 18.2 Å². The van der Waals surface area contributed by atoms with Crippen LogP contribution in [0, 0.1) is 0 Å². The van der Waals surface area contributed by atoms with Gasteiger partial charge in [-0.1, -0.05) is 29.3 Å². The van der Waals surface area contributed by atoms with Crippen LogP contribution in [0.4, 0.5) is 0 Å². The van der Waals surface area contributed by atoms with Gasteiger partial charge in [-0.3, -0.25) is 0 Å². The molecule has 1 rings (SSSR count). The summed E-state index contributed by atoms with van der Waals surface area (Å²) in [5.74, 6) is 0. The summed E-state index contributed by atoms with van der Waals surface area (Å²) in [6.45, 7) is 0.235. The number of hydrogen-bond acceptors (Lipinski definition) is 2. The molecule has 72 valence electrons. The van der Waals surface area contributed by atoms with Gasteiger partial charge in [0.15, 0.2) is 0 Å². The molecule has 0 heterocycles. The molecule has 0 fully saturated rings. The number of aliphatic hydroxyl groups excluding tert-OH is 1. The van der Waals surface area contributed by atoms with Gasteiger partial charge in [-0.2, -0.15) is 0 Å². The van der Waals surface area contributed by atoms with E-state index in [0.717, 1.165) is 5.56 Å². The first-order valence-electron chi connectivity index (χ1n) is 3.95. The van der Waals surface area contributed by atoms with Gasteiger partial charge in [0.1, 0.15) is 0 Å². The van der Waals surface area contributed by atoms with E-state index < -0.39 is 6.10 Å². The maximum atomic E-state index is 9.29. The number of aliphatic hydroxyl groups is 1. The predicted octanol–water partition coefficient (Wildman–Crippen LogP) is 1.86. The van der Waals surface area contributed by atoms with Gasteiger partial charge in [-0.05, 0) is 17.7 Å². The fraction of sp³-hybridized carbons (Fsp3) is 0.333. The van der Waals surface area contributed by atoms with E-state index in [4.69, 9.17) is 28.9 Å². The number of rotatable bonds is 3. The van der Waals surface area contributed by atoms with Crippen molar-refractivity contribution in [3.63, 3.8) is 0 Å². The molecule has 0 spiro atoms. The minimum absolute atomic E-state index is 0.235. The summed E-state index contributed by atoms with van der Waals surface area (Å²) in [5.41, 5.74) is 6.15. The third-order valence-electron chi connectivity index (χ3n) is 1.74. The molecular weight excluding hydrogens is 209 g/mol. The highest BCUT2D eigenvalue weighted by Crippen LogP contribution is 2.21. The molecule has 0 bridgehead atoms. The Hall–Kier alpha value is -0.280. The van der Waals surface area contributed by atoms with Crippen LogP contribution in [0.5, 0.6) is 0 Å². The van der Waals surface area contributed by atoms with Crippen molar-refractivity contribution in [3.05, 3.63) is 33.8 Å². The lowest BCUT2D eigenvalue weighted by Gasteiger charge is -2.08. The highest BCUT2D eigenvalue weighted by atomic mass is 35.5. The van der Waals surface area contributed by atoms with Crippen LogP contribution in [0.1, 0.15) is 5.56 Å². The first kappa shape index (κ1) is 10.8. The fourth-order valence-corrected chi connectivity index (χ4v) is 1.51. The summed E-state index contributed by atoms with van der Waals surface area (Å²) in [7, 11) is 0. The van der Waals surface area contributed by atoms with Crippen LogP contribution in [0.3, 0.4) is 0 Å². The van der Waals surface area contributed by atoms with Gasteiger partial charge in [0.05, 0.1) is 6.10 Å². The van der Waals surface area contributed by atoms with E-state index >= 15 is 0 Å². The lowest BCUT2D eigenvalue weighted by Crippen LogP contribution is -2.22. The topological polar surface area (TPSA) is 46.2 Å². The first-order valence-corrected chi connectivity index (χ1v) is 4.71. The molecular formula is C9H11Cl2NO. The quantitative estimate of drug-likeness (QED) is 0.816. The zero-order chi connectivity index (χ0) is 9.84. The van der Waals surface area contributed by atoms with Gasteiger partial charge in [0.25, 0.3) is 0 Å². The van der Waals surface area contributed by atoms with Crippen LogP contribution in [0.25, 0.3) is 0 Å². The normalized spacial score (nSPS) is 12.9. The largest absolute Gasteiger partial charge is 0.391 e. The van der Waals surface area contributed by atoms with Crippen LogP contribution in [-0.2, 0) is 6.42 Å². The van der Waals surface area contributed by atoms with Gasteiger partial charge in [-0.15, -0.1) is 0 Å². The van der Waals surface area contributed by atoms with Crippen molar-refractivity contribution in [2.24, 2.45) is 5.73 Å². The summed E-state index contributed by atoms with van der Waals surface area (Å²) in [6.07, 6.45) is -0.0781. The van der Waals surface area contributed by atoms with E-state index in [-0.39, 0.29) is 6.54 Å². The molecule has 0 radical (unpaired) electrons. The van der Waals surface area contributed by atoms with Crippen LogP contribution < -0.4 is 5.73 Å². The Morgan fingerprint density at radius 1 is 1.38 bits per heavy atom. The maximum absolute atomic E-state index is 9.29. The van der Waals surface area contributed by atoms with E-state index in [1.165, 1.54) is 0 Å². The van der Waals surface area contributed by atoms with Crippen LogP contribution in [-0.4, -0.2) is 17.8 Å². The molecule has 0 saturated heterocycles. The predicted molar refractivity (Wildman–Crippen MR) is 55.2 cm³/mol. The Balaban J connectivity index is 2.77. The van der Waals surface area contributed by atoms with Crippen molar-refractivity contribution in [2.75, 3.05) is 6.54 Å². The van der Waals surface area contributed by atoms with Crippen LogP contribution >= 0.6 is 23.2 Å². The summed E-state index contributed by atoms with van der Waals surface area (Å²) >= 11 is 11.6. The Morgan fingerprint density at radius 3 is 2.62 bits per heavy atom. The molecule has 0 aliphatic rings. The molecule has 2 nitrogen and oxygen atoms in total. The number of halogens is 2. The van der Waals surface area contributed by atoms with Gasteiger partial charge in [-0.25, -0.2) is 0 Å². The number of nitrogens with two attached hydrogens (primary N) is 1. The molecule has 0 aliphatic carbocycles. The Labute approximate surface area is 87.3 Å². The zero-order valence-electron chi connectivity index (χ0n) is 7.00. The zero-order valence-corrected chi connectivity index (χ0v) is 8.52. The number of hydrogen-bond donors (Lipinski definition) is 2. The summed E-state index contributed by atoms with van der Waals surface area (Å²) < 4.78 is 0. The Bertz CT molecular complexity index is 291. The third kappa shape index (κ3) is 3.16. The van der Waals surface area contributed by atoms with E-state index in [0.29, 0.717) is 16.5 Å². The first-order chi connectivity index (χ1) is 6.13. The summed E-state index contributed by atoms with van der Waals surface area (Å²) in [5, 5.41) is 10.5. The molecule has 0 amide bonds. The summed E-state index contributed by atoms with van der Waals surface area (Å²) in [4.78, 5) is 0. The number of benzene rings is 1. The van der Waals surface area contributed by atoms with Crippen molar-refractivity contribution in [2.45, 2.75) is 12.5 Å². The highest BCUT2D eigenvalue weighted by molar-refractivity contribution is 6.35.